The van der Waals surface area contributed by atoms with Crippen LogP contribution in [0.4, 0.5) is 0 Å². The fourth-order valence-corrected chi connectivity index (χ4v) is 4.29. The Morgan fingerprint density at radius 3 is 2.60 bits per heavy atom. The fraction of sp³-hybridized carbons (Fsp3) is 0.391. The fourth-order valence-electron chi connectivity index (χ4n) is 2.88. The summed E-state index contributed by atoms with van der Waals surface area (Å²) in [5.74, 6) is 0.492. The van der Waals surface area contributed by atoms with Gasteiger partial charge >= 0.3 is 0 Å². The van der Waals surface area contributed by atoms with Crippen LogP contribution in [0.2, 0.25) is 5.02 Å². The van der Waals surface area contributed by atoms with Gasteiger partial charge in [-0.3, -0.25) is 9.59 Å². The van der Waals surface area contributed by atoms with E-state index in [1.54, 1.807) is 23.6 Å². The van der Waals surface area contributed by atoms with E-state index in [0.717, 1.165) is 27.8 Å². The Morgan fingerprint density at radius 2 is 1.93 bits per heavy atom. The summed E-state index contributed by atoms with van der Waals surface area (Å²) >= 11 is 11.0. The van der Waals surface area contributed by atoms with Gasteiger partial charge in [-0.25, -0.2) is 0 Å². The molecule has 0 aliphatic heterocycles. The average Bonchev–Trinajstić information content (AvgIpc) is 2.73. The number of hydrogen-bond acceptors (Lipinski definition) is 3. The third-order valence-electron chi connectivity index (χ3n) is 4.64. The second-order valence-corrected chi connectivity index (χ2v) is 9.54. The zero-order valence-electron chi connectivity index (χ0n) is 17.4. The van der Waals surface area contributed by atoms with Crippen LogP contribution in [0.25, 0.3) is 0 Å². The van der Waals surface area contributed by atoms with E-state index in [-0.39, 0.29) is 11.8 Å². The summed E-state index contributed by atoms with van der Waals surface area (Å²) in [5.41, 5.74) is 0.983. The Hall–Kier alpha value is -1.50. The molecule has 2 rings (SSSR count). The zero-order valence-corrected chi connectivity index (χ0v) is 20.5. The SMILES string of the molecule is CCCCNC(=O)[C@H](C)N(Cc1cccc(Br)c1)C(=O)CCSc1ccc(Cl)cc1. The zero-order chi connectivity index (χ0) is 21.9. The lowest BCUT2D eigenvalue weighted by molar-refractivity contribution is -0.140. The van der Waals surface area contributed by atoms with Gasteiger partial charge in [0.25, 0.3) is 0 Å². The van der Waals surface area contributed by atoms with Crippen LogP contribution in [0, 0.1) is 0 Å². The van der Waals surface area contributed by atoms with Crippen LogP contribution in [0.1, 0.15) is 38.7 Å². The highest BCUT2D eigenvalue weighted by atomic mass is 79.9. The van der Waals surface area contributed by atoms with Crippen LogP contribution in [0.5, 0.6) is 0 Å². The maximum Gasteiger partial charge on any atom is 0.242 e. The van der Waals surface area contributed by atoms with E-state index in [0.29, 0.717) is 30.3 Å². The van der Waals surface area contributed by atoms with Crippen molar-refractivity contribution in [1.29, 1.82) is 0 Å². The van der Waals surface area contributed by atoms with Crippen LogP contribution < -0.4 is 5.32 Å². The molecule has 0 heterocycles. The van der Waals surface area contributed by atoms with Crippen molar-refractivity contribution in [2.45, 2.75) is 50.6 Å². The second-order valence-electron chi connectivity index (χ2n) is 7.02. The molecule has 0 radical (unpaired) electrons. The van der Waals surface area contributed by atoms with Crippen molar-refractivity contribution < 1.29 is 9.59 Å². The topological polar surface area (TPSA) is 49.4 Å². The first-order chi connectivity index (χ1) is 14.4. The minimum Gasteiger partial charge on any atom is -0.354 e. The normalized spacial score (nSPS) is 11.7. The molecular formula is C23H28BrClN2O2S. The van der Waals surface area contributed by atoms with E-state index in [9.17, 15) is 9.59 Å². The number of halogens is 2. The molecule has 0 fully saturated rings. The second kappa shape index (κ2) is 13.0. The first kappa shape index (κ1) is 24.8. The van der Waals surface area contributed by atoms with Crippen LogP contribution in [0.15, 0.2) is 57.9 Å². The molecular weight excluding hydrogens is 484 g/mol. The number of carbonyl (C=O) groups excluding carboxylic acids is 2. The van der Waals surface area contributed by atoms with Crippen LogP contribution >= 0.6 is 39.3 Å². The smallest absolute Gasteiger partial charge is 0.242 e. The van der Waals surface area contributed by atoms with E-state index >= 15 is 0 Å². The maximum atomic E-state index is 13.1. The molecule has 2 aromatic carbocycles. The Balaban J connectivity index is 2.03. The van der Waals surface area contributed by atoms with Gasteiger partial charge < -0.3 is 10.2 Å². The van der Waals surface area contributed by atoms with Gasteiger partial charge in [0.2, 0.25) is 11.8 Å². The van der Waals surface area contributed by atoms with Gasteiger partial charge in [0.15, 0.2) is 0 Å². The first-order valence-corrected chi connectivity index (χ1v) is 12.3. The molecule has 0 bridgehead atoms. The maximum absolute atomic E-state index is 13.1. The Bertz CT molecular complexity index is 832. The molecule has 30 heavy (non-hydrogen) atoms. The largest absolute Gasteiger partial charge is 0.354 e. The van der Waals surface area contributed by atoms with E-state index in [1.807, 2.05) is 48.5 Å². The van der Waals surface area contributed by atoms with Crippen LogP contribution in [-0.2, 0) is 16.1 Å². The van der Waals surface area contributed by atoms with Crippen LogP contribution in [-0.4, -0.2) is 35.1 Å². The van der Waals surface area contributed by atoms with Gasteiger partial charge in [-0.15, -0.1) is 11.8 Å². The highest BCUT2D eigenvalue weighted by molar-refractivity contribution is 9.10. The molecule has 4 nitrogen and oxygen atoms in total. The molecule has 1 atom stereocenters. The molecule has 0 saturated heterocycles. The monoisotopic (exact) mass is 510 g/mol. The molecule has 2 amide bonds. The summed E-state index contributed by atoms with van der Waals surface area (Å²) in [5, 5.41) is 3.64. The van der Waals surface area contributed by atoms with Crippen LogP contribution in [0.3, 0.4) is 0 Å². The standard InChI is InChI=1S/C23H28BrClN2O2S/c1-3-4-13-26-23(29)17(2)27(16-18-6-5-7-19(24)15-18)22(28)12-14-30-21-10-8-20(25)9-11-21/h5-11,15,17H,3-4,12-14,16H2,1-2H3,(H,26,29)/t17-/m0/s1. The molecule has 1 N–H and O–H groups in total. The molecule has 0 aliphatic rings. The molecule has 7 heteroatoms. The van der Waals surface area contributed by atoms with Gasteiger partial charge in [-0.2, -0.15) is 0 Å². The van der Waals surface area contributed by atoms with Crippen molar-refractivity contribution in [1.82, 2.24) is 10.2 Å². The molecule has 0 aromatic heterocycles. The molecule has 162 valence electrons. The minimum absolute atomic E-state index is 0.0328. The number of benzene rings is 2. The lowest BCUT2D eigenvalue weighted by Gasteiger charge is -2.29. The number of hydrogen-bond donors (Lipinski definition) is 1. The van der Waals surface area contributed by atoms with Gasteiger partial charge in [-0.05, 0) is 55.3 Å². The van der Waals surface area contributed by atoms with Crippen molar-refractivity contribution >= 4 is 51.1 Å². The minimum atomic E-state index is -0.533. The van der Waals surface area contributed by atoms with Crippen molar-refractivity contribution in [3.63, 3.8) is 0 Å². The number of rotatable bonds is 11. The first-order valence-electron chi connectivity index (χ1n) is 10.1. The molecule has 2 aromatic rings. The Kier molecular flexibility index (Phi) is 10.8. The summed E-state index contributed by atoms with van der Waals surface area (Å²) in [4.78, 5) is 28.4. The lowest BCUT2D eigenvalue weighted by Crippen LogP contribution is -2.47. The highest BCUT2D eigenvalue weighted by Gasteiger charge is 2.25. The summed E-state index contributed by atoms with van der Waals surface area (Å²) in [6.45, 7) is 4.90. The number of nitrogens with zero attached hydrogens (tertiary/aromatic N) is 1. The van der Waals surface area contributed by atoms with E-state index in [4.69, 9.17) is 11.6 Å². The number of unbranched alkanes of at least 4 members (excludes halogenated alkanes) is 1. The summed E-state index contributed by atoms with van der Waals surface area (Å²) in [6, 6.07) is 14.9. The van der Waals surface area contributed by atoms with E-state index in [1.165, 1.54) is 0 Å². The van der Waals surface area contributed by atoms with Crippen molar-refractivity contribution in [3.05, 3.63) is 63.6 Å². The van der Waals surface area contributed by atoms with Crippen molar-refractivity contribution in [2.24, 2.45) is 0 Å². The van der Waals surface area contributed by atoms with Gasteiger partial charge in [-0.1, -0.05) is 53.0 Å². The number of nitrogens with one attached hydrogen (secondary N) is 1. The predicted octanol–water partition coefficient (Wildman–Crippen LogP) is 5.92. The molecule has 0 saturated carbocycles. The van der Waals surface area contributed by atoms with Gasteiger partial charge in [0.1, 0.15) is 6.04 Å². The number of amides is 2. The highest BCUT2D eigenvalue weighted by Crippen LogP contribution is 2.22. The average molecular weight is 512 g/mol. The Labute approximate surface area is 196 Å². The predicted molar refractivity (Wildman–Crippen MR) is 129 cm³/mol. The molecule has 0 unspecified atom stereocenters. The number of carbonyl (C=O) groups is 2. The Morgan fingerprint density at radius 1 is 1.20 bits per heavy atom. The van der Waals surface area contributed by atoms with Crippen molar-refractivity contribution in [2.75, 3.05) is 12.3 Å². The summed E-state index contributed by atoms with van der Waals surface area (Å²) in [6.07, 6.45) is 2.29. The molecule has 0 spiro atoms. The van der Waals surface area contributed by atoms with Gasteiger partial charge in [0, 0.05) is 39.7 Å². The number of thioether (sulfide) groups is 1. The van der Waals surface area contributed by atoms with Gasteiger partial charge in [0.05, 0.1) is 0 Å². The summed E-state index contributed by atoms with van der Waals surface area (Å²) in [7, 11) is 0. The third kappa shape index (κ3) is 8.32. The van der Waals surface area contributed by atoms with E-state index < -0.39 is 6.04 Å². The summed E-state index contributed by atoms with van der Waals surface area (Å²) < 4.78 is 0.950. The van der Waals surface area contributed by atoms with E-state index in [2.05, 4.69) is 28.2 Å². The molecule has 0 aliphatic carbocycles. The lowest BCUT2D eigenvalue weighted by atomic mass is 10.1. The van der Waals surface area contributed by atoms with Crippen molar-refractivity contribution in [3.8, 4) is 0 Å². The quantitative estimate of drug-likeness (QED) is 0.301. The third-order valence-corrected chi connectivity index (χ3v) is 6.40.